The van der Waals surface area contributed by atoms with Crippen molar-refractivity contribution in [2.75, 3.05) is 27.2 Å². The van der Waals surface area contributed by atoms with Crippen molar-refractivity contribution < 1.29 is 4.79 Å². The van der Waals surface area contributed by atoms with E-state index >= 15 is 0 Å². The number of aromatic nitrogens is 2. The molecular weight excluding hydrogens is 442 g/mol. The summed E-state index contributed by atoms with van der Waals surface area (Å²) in [5.74, 6) is 0. The molecule has 160 valence electrons. The van der Waals surface area contributed by atoms with Gasteiger partial charge in [0.2, 0.25) is 0 Å². The van der Waals surface area contributed by atoms with Gasteiger partial charge in [-0.1, -0.05) is 29.8 Å². The first-order valence-electron chi connectivity index (χ1n) is 9.49. The van der Waals surface area contributed by atoms with Crippen molar-refractivity contribution in [1.29, 1.82) is 0 Å². The molecule has 0 saturated heterocycles. The SMILES string of the molecule is CC.CC(CCN)N(C)C(=O)N(C)CC[C@@H](C)n1cnc(/C=C/Br)c(S)c1=O. The minimum absolute atomic E-state index is 0.0590. The number of thiol groups is 1. The maximum Gasteiger partial charge on any atom is 0.319 e. The molecule has 1 rings (SSSR count). The number of rotatable bonds is 8. The molecule has 1 aromatic rings. The summed E-state index contributed by atoms with van der Waals surface area (Å²) in [6.45, 7) is 8.97. The fraction of sp³-hybridized carbons (Fsp3) is 0.632. The maximum absolute atomic E-state index is 12.5. The molecule has 0 saturated carbocycles. The number of amides is 2. The van der Waals surface area contributed by atoms with Crippen molar-refractivity contribution in [3.63, 3.8) is 0 Å². The van der Waals surface area contributed by atoms with Gasteiger partial charge in [-0.3, -0.25) is 9.36 Å². The number of carbonyl (C=O) groups excluding carboxylic acids is 1. The highest BCUT2D eigenvalue weighted by Gasteiger charge is 2.20. The highest BCUT2D eigenvalue weighted by molar-refractivity contribution is 9.11. The molecule has 7 nitrogen and oxygen atoms in total. The second kappa shape index (κ2) is 13.8. The Hall–Kier alpha value is -1.32. The number of carbonyl (C=O) groups is 1. The molecule has 0 fully saturated rings. The van der Waals surface area contributed by atoms with Crippen LogP contribution in [0.1, 0.15) is 52.3 Å². The van der Waals surface area contributed by atoms with E-state index in [1.807, 2.05) is 27.7 Å². The van der Waals surface area contributed by atoms with Crippen LogP contribution >= 0.6 is 28.6 Å². The van der Waals surface area contributed by atoms with Gasteiger partial charge in [-0.25, -0.2) is 9.78 Å². The van der Waals surface area contributed by atoms with Crippen LogP contribution in [0.4, 0.5) is 4.79 Å². The Balaban J connectivity index is 0.00000352. The topological polar surface area (TPSA) is 84.5 Å². The van der Waals surface area contributed by atoms with Crippen LogP contribution in [0.5, 0.6) is 0 Å². The highest BCUT2D eigenvalue weighted by Crippen LogP contribution is 2.14. The van der Waals surface area contributed by atoms with Crippen molar-refractivity contribution in [1.82, 2.24) is 19.4 Å². The predicted molar refractivity (Wildman–Crippen MR) is 123 cm³/mol. The van der Waals surface area contributed by atoms with E-state index in [4.69, 9.17) is 5.73 Å². The van der Waals surface area contributed by atoms with Gasteiger partial charge in [0.1, 0.15) is 0 Å². The zero-order valence-electron chi connectivity index (χ0n) is 17.7. The summed E-state index contributed by atoms with van der Waals surface area (Å²) in [6.07, 6.45) is 4.58. The van der Waals surface area contributed by atoms with Crippen LogP contribution in [0.2, 0.25) is 0 Å². The molecule has 2 N–H and O–H groups in total. The Morgan fingerprint density at radius 3 is 2.50 bits per heavy atom. The molecule has 0 spiro atoms. The summed E-state index contributed by atoms with van der Waals surface area (Å²) >= 11 is 7.44. The van der Waals surface area contributed by atoms with E-state index in [0.29, 0.717) is 30.1 Å². The van der Waals surface area contributed by atoms with E-state index in [2.05, 4.69) is 33.5 Å². The standard InChI is InChI=1S/C17H28BrN5O2S.C2H6/c1-12(6-9-19)22(4)17(25)21(3)10-7-13(2)23-11-20-14(5-8-18)15(26)16(23)24;1-2/h5,8,11-13,26H,6-7,9-10,19H2,1-4H3;1-2H3/b8-5+;/t12?,13-;/m1./s1. The third-order valence-electron chi connectivity index (χ3n) is 4.45. The largest absolute Gasteiger partial charge is 0.330 e. The molecule has 9 heteroatoms. The summed E-state index contributed by atoms with van der Waals surface area (Å²) in [4.78, 5) is 34.4. The third kappa shape index (κ3) is 7.60. The van der Waals surface area contributed by atoms with E-state index in [9.17, 15) is 9.59 Å². The smallest absolute Gasteiger partial charge is 0.319 e. The zero-order chi connectivity index (χ0) is 21.9. The Labute approximate surface area is 182 Å². The fourth-order valence-electron chi connectivity index (χ4n) is 2.47. The van der Waals surface area contributed by atoms with E-state index in [0.717, 1.165) is 6.42 Å². The summed E-state index contributed by atoms with van der Waals surface area (Å²) < 4.78 is 1.55. The Morgan fingerprint density at radius 2 is 1.96 bits per heavy atom. The molecule has 1 heterocycles. The summed E-state index contributed by atoms with van der Waals surface area (Å²) in [7, 11) is 3.54. The Kier molecular flexibility index (Phi) is 13.1. The number of urea groups is 1. The average molecular weight is 476 g/mol. The van der Waals surface area contributed by atoms with Crippen molar-refractivity contribution in [3.8, 4) is 0 Å². The molecule has 0 aliphatic rings. The lowest BCUT2D eigenvalue weighted by atomic mass is 10.2. The first-order valence-corrected chi connectivity index (χ1v) is 10.9. The molecule has 0 aromatic carbocycles. The molecule has 1 unspecified atom stereocenters. The minimum Gasteiger partial charge on any atom is -0.330 e. The van der Waals surface area contributed by atoms with Crippen LogP contribution in [0, 0.1) is 0 Å². The normalized spacial score (nSPS) is 12.9. The number of nitrogens with two attached hydrogens (primary N) is 1. The summed E-state index contributed by atoms with van der Waals surface area (Å²) in [5.41, 5.74) is 5.88. The van der Waals surface area contributed by atoms with Gasteiger partial charge in [0.25, 0.3) is 5.56 Å². The minimum atomic E-state index is -0.195. The lowest BCUT2D eigenvalue weighted by Gasteiger charge is -2.30. The lowest BCUT2D eigenvalue weighted by Crippen LogP contribution is -2.44. The molecule has 0 aliphatic heterocycles. The van der Waals surface area contributed by atoms with Crippen LogP contribution in [-0.2, 0) is 0 Å². The molecule has 1 aromatic heterocycles. The van der Waals surface area contributed by atoms with Crippen LogP contribution in [0.3, 0.4) is 0 Å². The van der Waals surface area contributed by atoms with E-state index in [-0.39, 0.29) is 23.7 Å². The van der Waals surface area contributed by atoms with Crippen molar-refractivity contribution in [2.24, 2.45) is 5.73 Å². The van der Waals surface area contributed by atoms with Crippen LogP contribution < -0.4 is 11.3 Å². The van der Waals surface area contributed by atoms with E-state index in [1.54, 1.807) is 39.5 Å². The number of nitrogens with zero attached hydrogens (tertiary/aromatic N) is 4. The second-order valence-electron chi connectivity index (χ2n) is 6.36. The van der Waals surface area contributed by atoms with Gasteiger partial charge >= 0.3 is 6.03 Å². The fourth-order valence-corrected chi connectivity index (χ4v) is 2.97. The van der Waals surface area contributed by atoms with Gasteiger partial charge in [0.15, 0.2) is 0 Å². The zero-order valence-corrected chi connectivity index (χ0v) is 20.2. The molecule has 28 heavy (non-hydrogen) atoms. The van der Waals surface area contributed by atoms with Gasteiger partial charge in [-0.2, -0.15) is 0 Å². The lowest BCUT2D eigenvalue weighted by molar-refractivity contribution is 0.155. The van der Waals surface area contributed by atoms with Gasteiger partial charge in [0, 0.05) is 32.7 Å². The van der Waals surface area contributed by atoms with Crippen molar-refractivity contribution in [3.05, 3.63) is 27.4 Å². The molecule has 0 radical (unpaired) electrons. The van der Waals surface area contributed by atoms with Gasteiger partial charge in [-0.15, -0.1) is 12.6 Å². The van der Waals surface area contributed by atoms with Crippen molar-refractivity contribution >= 4 is 40.7 Å². The first-order chi connectivity index (χ1) is 13.2. The molecule has 2 atom stereocenters. The van der Waals surface area contributed by atoms with Crippen LogP contribution in [0.15, 0.2) is 21.0 Å². The highest BCUT2D eigenvalue weighted by atomic mass is 79.9. The molecule has 2 amide bonds. The van der Waals surface area contributed by atoms with Gasteiger partial charge in [0.05, 0.1) is 16.9 Å². The van der Waals surface area contributed by atoms with Gasteiger partial charge < -0.3 is 15.5 Å². The quantitative estimate of drug-likeness (QED) is 0.562. The number of hydrogen-bond acceptors (Lipinski definition) is 5. The van der Waals surface area contributed by atoms with Crippen LogP contribution in [-0.4, -0.2) is 58.6 Å². The van der Waals surface area contributed by atoms with E-state index in [1.165, 1.54) is 6.33 Å². The Morgan fingerprint density at radius 1 is 1.36 bits per heavy atom. The van der Waals surface area contributed by atoms with Gasteiger partial charge in [-0.05, 0) is 44.3 Å². The monoisotopic (exact) mass is 475 g/mol. The molecule has 0 bridgehead atoms. The Bertz CT molecular complexity index is 695. The number of hydrogen-bond donors (Lipinski definition) is 2. The summed E-state index contributed by atoms with van der Waals surface area (Å²) in [6, 6.07) is -0.0813. The van der Waals surface area contributed by atoms with E-state index < -0.39 is 0 Å². The summed E-state index contributed by atoms with van der Waals surface area (Å²) in [5, 5.41) is 0. The second-order valence-corrected chi connectivity index (χ2v) is 7.34. The predicted octanol–water partition coefficient (Wildman–Crippen LogP) is 3.60. The molecule has 0 aliphatic carbocycles. The average Bonchev–Trinajstić information content (AvgIpc) is 2.70. The first kappa shape index (κ1) is 26.7. The van der Waals surface area contributed by atoms with Crippen LogP contribution in [0.25, 0.3) is 6.08 Å². The number of halogens is 1. The third-order valence-corrected chi connectivity index (χ3v) is 5.14. The van der Waals surface area contributed by atoms with Crippen molar-refractivity contribution in [2.45, 2.75) is 57.5 Å². The maximum atomic E-state index is 12.5. The molecular formula is C19H34BrN5O2S.